The van der Waals surface area contributed by atoms with Crippen molar-refractivity contribution in [2.75, 3.05) is 7.11 Å². The van der Waals surface area contributed by atoms with Crippen LogP contribution in [0.3, 0.4) is 0 Å². The maximum atomic E-state index is 13.4. The van der Waals surface area contributed by atoms with Gasteiger partial charge in [-0.05, 0) is 37.1 Å². The highest BCUT2D eigenvalue weighted by Crippen LogP contribution is 2.24. The summed E-state index contributed by atoms with van der Waals surface area (Å²) in [5.41, 5.74) is 1.27. The van der Waals surface area contributed by atoms with Gasteiger partial charge in [0.25, 0.3) is 0 Å². The van der Waals surface area contributed by atoms with Gasteiger partial charge in [-0.25, -0.2) is 9.18 Å². The Morgan fingerprint density at radius 3 is 2.44 bits per heavy atom. The summed E-state index contributed by atoms with van der Waals surface area (Å²) in [5.74, 6) is -1.37. The number of carboxylic acid groups (broad SMARTS) is 1. The Labute approximate surface area is 93.2 Å². The van der Waals surface area contributed by atoms with E-state index < -0.39 is 11.8 Å². The Morgan fingerprint density at radius 1 is 1.38 bits per heavy atom. The average molecular weight is 224 g/mol. The maximum absolute atomic E-state index is 13.4. The largest absolute Gasteiger partial charge is 0.494 e. The topological polar surface area (TPSA) is 46.5 Å². The van der Waals surface area contributed by atoms with Gasteiger partial charge >= 0.3 is 5.97 Å². The van der Waals surface area contributed by atoms with Crippen molar-refractivity contribution in [2.24, 2.45) is 0 Å². The molecule has 0 spiro atoms. The lowest BCUT2D eigenvalue weighted by Gasteiger charge is -2.07. The highest BCUT2D eigenvalue weighted by atomic mass is 19.1. The third-order valence-electron chi connectivity index (χ3n) is 2.47. The number of hydrogen-bond donors (Lipinski definition) is 1. The van der Waals surface area contributed by atoms with Crippen molar-refractivity contribution in [2.45, 2.75) is 13.8 Å². The highest BCUT2D eigenvalue weighted by Gasteiger charge is 2.09. The van der Waals surface area contributed by atoms with E-state index in [1.807, 2.05) is 0 Å². The minimum Gasteiger partial charge on any atom is -0.494 e. The Bertz CT molecular complexity index is 450. The molecule has 16 heavy (non-hydrogen) atoms. The van der Waals surface area contributed by atoms with E-state index in [0.717, 1.165) is 0 Å². The number of aliphatic carboxylic acids is 1. The molecule has 0 fully saturated rings. The van der Waals surface area contributed by atoms with Crippen LogP contribution in [0.5, 0.6) is 5.75 Å². The highest BCUT2D eigenvalue weighted by molar-refractivity contribution is 5.95. The van der Waals surface area contributed by atoms with E-state index in [-0.39, 0.29) is 11.3 Å². The van der Waals surface area contributed by atoms with E-state index in [1.54, 1.807) is 13.0 Å². The second-order valence-electron chi connectivity index (χ2n) is 3.40. The summed E-state index contributed by atoms with van der Waals surface area (Å²) in [6.45, 7) is 3.13. The first-order chi connectivity index (χ1) is 7.47. The summed E-state index contributed by atoms with van der Waals surface area (Å²) in [7, 11) is 1.38. The molecule has 1 aromatic carbocycles. The van der Waals surface area contributed by atoms with Gasteiger partial charge in [0.1, 0.15) is 0 Å². The van der Waals surface area contributed by atoms with Crippen molar-refractivity contribution < 1.29 is 19.0 Å². The molecule has 0 saturated carbocycles. The quantitative estimate of drug-likeness (QED) is 0.803. The number of benzene rings is 1. The van der Waals surface area contributed by atoms with Crippen molar-refractivity contribution in [3.05, 3.63) is 35.2 Å². The van der Waals surface area contributed by atoms with Crippen LogP contribution in [0.4, 0.5) is 4.39 Å². The van der Waals surface area contributed by atoms with Crippen LogP contribution in [0.15, 0.2) is 23.8 Å². The zero-order valence-corrected chi connectivity index (χ0v) is 9.37. The van der Waals surface area contributed by atoms with Gasteiger partial charge in [-0.1, -0.05) is 6.07 Å². The Hall–Kier alpha value is -1.84. The molecule has 86 valence electrons. The van der Waals surface area contributed by atoms with Gasteiger partial charge in [0.2, 0.25) is 0 Å². The molecule has 0 atom stereocenters. The minimum absolute atomic E-state index is 0.143. The summed E-state index contributed by atoms with van der Waals surface area (Å²) in [5, 5.41) is 8.81. The zero-order chi connectivity index (χ0) is 12.3. The first-order valence-electron chi connectivity index (χ1n) is 4.72. The molecule has 0 aliphatic heterocycles. The lowest BCUT2D eigenvalue weighted by atomic mass is 10.0. The van der Waals surface area contributed by atoms with Gasteiger partial charge < -0.3 is 9.84 Å². The second-order valence-corrected chi connectivity index (χ2v) is 3.40. The summed E-state index contributed by atoms with van der Waals surface area (Å²) < 4.78 is 18.2. The Balaban J connectivity index is 3.21. The minimum atomic E-state index is -1.01. The molecule has 4 heteroatoms. The lowest BCUT2D eigenvalue weighted by molar-refractivity contribution is -0.132. The molecule has 0 radical (unpaired) electrons. The Morgan fingerprint density at radius 2 is 2.00 bits per heavy atom. The van der Waals surface area contributed by atoms with Crippen LogP contribution in [-0.4, -0.2) is 18.2 Å². The van der Waals surface area contributed by atoms with E-state index in [2.05, 4.69) is 0 Å². The van der Waals surface area contributed by atoms with Crippen molar-refractivity contribution in [1.29, 1.82) is 0 Å². The molecular formula is C12H13FO3. The summed E-state index contributed by atoms with van der Waals surface area (Å²) >= 11 is 0. The zero-order valence-electron chi connectivity index (χ0n) is 9.37. The molecule has 1 N–H and O–H groups in total. The number of carboxylic acids is 1. The number of rotatable bonds is 3. The standard InChI is InChI=1S/C12H13FO3/c1-7(8(2)12(14)15)9-4-5-11(16-3)10(13)6-9/h4-6H,1-3H3,(H,14,15). The predicted octanol–water partition coefficient (Wildman–Crippen LogP) is 2.71. The van der Waals surface area contributed by atoms with Gasteiger partial charge in [0, 0.05) is 5.57 Å². The first-order valence-corrected chi connectivity index (χ1v) is 4.72. The van der Waals surface area contributed by atoms with Crippen LogP contribution in [-0.2, 0) is 4.79 Å². The molecule has 0 heterocycles. The van der Waals surface area contributed by atoms with Gasteiger partial charge in [-0.15, -0.1) is 0 Å². The van der Waals surface area contributed by atoms with E-state index in [4.69, 9.17) is 9.84 Å². The van der Waals surface area contributed by atoms with Crippen LogP contribution in [0.2, 0.25) is 0 Å². The third kappa shape index (κ3) is 2.39. The first kappa shape index (κ1) is 12.2. The van der Waals surface area contributed by atoms with E-state index in [0.29, 0.717) is 11.1 Å². The number of ether oxygens (including phenoxy) is 1. The summed E-state index contributed by atoms with van der Waals surface area (Å²) in [6.07, 6.45) is 0. The molecule has 0 bridgehead atoms. The summed E-state index contributed by atoms with van der Waals surface area (Å²) in [6, 6.07) is 4.37. The monoisotopic (exact) mass is 224 g/mol. The molecule has 0 amide bonds. The number of hydrogen-bond acceptors (Lipinski definition) is 2. The average Bonchev–Trinajstić information content (AvgIpc) is 2.26. The van der Waals surface area contributed by atoms with Crippen molar-refractivity contribution in [1.82, 2.24) is 0 Å². The fourth-order valence-corrected chi connectivity index (χ4v) is 1.28. The van der Waals surface area contributed by atoms with E-state index in [9.17, 15) is 9.18 Å². The molecular weight excluding hydrogens is 211 g/mol. The number of halogens is 1. The van der Waals surface area contributed by atoms with Gasteiger partial charge in [-0.2, -0.15) is 0 Å². The van der Waals surface area contributed by atoms with E-state index >= 15 is 0 Å². The normalized spacial score (nSPS) is 12.0. The fourth-order valence-electron chi connectivity index (χ4n) is 1.28. The van der Waals surface area contributed by atoms with Gasteiger partial charge in [0.05, 0.1) is 7.11 Å². The molecule has 1 aromatic rings. The molecule has 0 saturated heterocycles. The molecule has 0 unspecified atom stereocenters. The maximum Gasteiger partial charge on any atom is 0.331 e. The fraction of sp³-hybridized carbons (Fsp3) is 0.250. The number of carbonyl (C=O) groups is 1. The Kier molecular flexibility index (Phi) is 3.66. The van der Waals surface area contributed by atoms with Crippen molar-refractivity contribution in [3.63, 3.8) is 0 Å². The van der Waals surface area contributed by atoms with Crippen molar-refractivity contribution >= 4 is 11.5 Å². The SMILES string of the molecule is COc1ccc(C(C)=C(C)C(=O)O)cc1F. The van der Waals surface area contributed by atoms with Crippen LogP contribution >= 0.6 is 0 Å². The van der Waals surface area contributed by atoms with E-state index in [1.165, 1.54) is 26.2 Å². The molecule has 0 aromatic heterocycles. The van der Waals surface area contributed by atoms with Crippen molar-refractivity contribution in [3.8, 4) is 5.75 Å². The second kappa shape index (κ2) is 4.79. The van der Waals surface area contributed by atoms with Crippen LogP contribution in [0.25, 0.3) is 5.57 Å². The molecule has 3 nitrogen and oxygen atoms in total. The van der Waals surface area contributed by atoms with Gasteiger partial charge in [0.15, 0.2) is 11.6 Å². The summed E-state index contributed by atoms with van der Waals surface area (Å²) in [4.78, 5) is 10.7. The molecule has 0 aliphatic carbocycles. The molecule has 0 aliphatic rings. The predicted molar refractivity (Wildman–Crippen MR) is 58.9 cm³/mol. The third-order valence-corrected chi connectivity index (χ3v) is 2.47. The van der Waals surface area contributed by atoms with Crippen LogP contribution < -0.4 is 4.74 Å². The smallest absolute Gasteiger partial charge is 0.331 e. The lowest BCUT2D eigenvalue weighted by Crippen LogP contribution is -1.99. The van der Waals surface area contributed by atoms with Crippen LogP contribution in [0, 0.1) is 5.82 Å². The number of methoxy groups -OCH3 is 1. The molecule has 1 rings (SSSR count). The van der Waals surface area contributed by atoms with Crippen LogP contribution in [0.1, 0.15) is 19.4 Å². The number of allylic oxidation sites excluding steroid dienone is 1. The van der Waals surface area contributed by atoms with Gasteiger partial charge in [-0.3, -0.25) is 0 Å².